The van der Waals surface area contributed by atoms with Crippen LogP contribution >= 0.6 is 0 Å². The van der Waals surface area contributed by atoms with Crippen molar-refractivity contribution in [2.75, 3.05) is 30.3 Å². The number of nitrogens with one attached hydrogen (secondary N) is 2. The topological polar surface area (TPSA) is 33.3 Å². The average Bonchev–Trinajstić information content (AvgIpc) is 2.46. The fourth-order valence-electron chi connectivity index (χ4n) is 1.84. The van der Waals surface area contributed by atoms with Gasteiger partial charge in [-0.15, -0.1) is 0 Å². The van der Waals surface area contributed by atoms with E-state index in [0.717, 1.165) is 30.2 Å². The molecule has 2 N–H and O–H groups in total. The predicted octanol–water partition coefficient (Wildman–Crippen LogP) is 3.75. The lowest BCUT2D eigenvalue weighted by molar-refractivity contribution is 0.340. The Morgan fingerprint density at radius 3 is 2.35 bits per heavy atom. The maximum Gasteiger partial charge on any atom is 0.123 e. The van der Waals surface area contributed by atoms with E-state index in [4.69, 9.17) is 4.74 Å². The summed E-state index contributed by atoms with van der Waals surface area (Å²) in [5.74, 6) is 0.644. The summed E-state index contributed by atoms with van der Waals surface area (Å²) < 4.78 is 18.2. The van der Waals surface area contributed by atoms with Crippen LogP contribution in [0.2, 0.25) is 0 Å². The zero-order chi connectivity index (χ0) is 14.2. The molecule has 0 aliphatic heterocycles. The van der Waals surface area contributed by atoms with Gasteiger partial charge in [-0.2, -0.15) is 0 Å². The fourth-order valence-corrected chi connectivity index (χ4v) is 1.84. The van der Waals surface area contributed by atoms with Crippen LogP contribution in [0, 0.1) is 5.82 Å². The normalized spacial score (nSPS) is 10.1. The highest BCUT2D eigenvalue weighted by molar-refractivity contribution is 5.48. The van der Waals surface area contributed by atoms with Crippen LogP contribution in [0.25, 0.3) is 0 Å². The molecule has 0 saturated heterocycles. The van der Waals surface area contributed by atoms with Gasteiger partial charge in [0, 0.05) is 30.5 Å². The minimum absolute atomic E-state index is 0.221. The van der Waals surface area contributed by atoms with Gasteiger partial charge in [-0.3, -0.25) is 0 Å². The molecule has 0 spiro atoms. The van der Waals surface area contributed by atoms with Crippen molar-refractivity contribution < 1.29 is 9.13 Å². The van der Waals surface area contributed by atoms with E-state index in [0.29, 0.717) is 6.61 Å². The number of halogens is 1. The molecule has 0 aliphatic carbocycles. The van der Waals surface area contributed by atoms with Crippen molar-refractivity contribution in [1.29, 1.82) is 0 Å². The second kappa shape index (κ2) is 7.38. The first-order chi connectivity index (χ1) is 9.78. The van der Waals surface area contributed by atoms with Crippen LogP contribution in [-0.4, -0.2) is 19.7 Å². The van der Waals surface area contributed by atoms with Gasteiger partial charge in [0.1, 0.15) is 11.6 Å². The lowest BCUT2D eigenvalue weighted by Crippen LogP contribution is -2.13. The summed E-state index contributed by atoms with van der Waals surface area (Å²) in [6.45, 7) is 4.15. The number of ether oxygens (including phenoxy) is 1. The Morgan fingerprint density at radius 1 is 0.950 bits per heavy atom. The molecule has 106 valence electrons. The molecule has 0 radical (unpaired) electrons. The molecule has 3 nitrogen and oxygen atoms in total. The van der Waals surface area contributed by atoms with Crippen LogP contribution < -0.4 is 15.4 Å². The average molecular weight is 274 g/mol. The van der Waals surface area contributed by atoms with E-state index in [-0.39, 0.29) is 5.82 Å². The Kier molecular flexibility index (Phi) is 5.24. The molecule has 2 rings (SSSR count). The van der Waals surface area contributed by atoms with Gasteiger partial charge in [0.05, 0.1) is 6.61 Å². The van der Waals surface area contributed by atoms with E-state index in [2.05, 4.69) is 10.6 Å². The molecular formula is C16H19FN2O. The Balaban J connectivity index is 1.75. The summed E-state index contributed by atoms with van der Waals surface area (Å²) in [6.07, 6.45) is 0. The Morgan fingerprint density at radius 2 is 1.65 bits per heavy atom. The summed E-state index contributed by atoms with van der Waals surface area (Å²) >= 11 is 0. The van der Waals surface area contributed by atoms with Crippen molar-refractivity contribution in [1.82, 2.24) is 0 Å². The van der Waals surface area contributed by atoms with Crippen molar-refractivity contribution >= 4 is 11.4 Å². The number of anilines is 2. The molecule has 0 atom stereocenters. The third kappa shape index (κ3) is 4.46. The van der Waals surface area contributed by atoms with Crippen LogP contribution in [0.3, 0.4) is 0 Å². The van der Waals surface area contributed by atoms with E-state index in [1.54, 1.807) is 12.1 Å². The first kappa shape index (κ1) is 14.2. The fraction of sp³-hybridized carbons (Fsp3) is 0.250. The molecule has 2 aromatic rings. The third-order valence-electron chi connectivity index (χ3n) is 2.77. The van der Waals surface area contributed by atoms with Crippen molar-refractivity contribution in [3.63, 3.8) is 0 Å². The molecule has 0 aliphatic rings. The Bertz CT molecular complexity index is 528. The van der Waals surface area contributed by atoms with Crippen molar-refractivity contribution in [3.8, 4) is 5.75 Å². The second-order valence-corrected chi connectivity index (χ2v) is 4.32. The molecule has 0 amide bonds. The predicted molar refractivity (Wildman–Crippen MR) is 81.0 cm³/mol. The minimum atomic E-state index is -0.221. The molecule has 0 heterocycles. The summed E-state index contributed by atoms with van der Waals surface area (Å²) in [4.78, 5) is 0. The number of benzene rings is 2. The van der Waals surface area contributed by atoms with Crippen molar-refractivity contribution in [3.05, 3.63) is 54.3 Å². The standard InChI is InChI=1S/C16H19FN2O/c1-2-20-16-5-3-4-15(12-16)19-11-10-18-14-8-6-13(17)7-9-14/h3-9,12,18-19H,2,10-11H2,1H3. The minimum Gasteiger partial charge on any atom is -0.494 e. The van der Waals surface area contributed by atoms with E-state index < -0.39 is 0 Å². The van der Waals surface area contributed by atoms with Crippen LogP contribution in [0.4, 0.5) is 15.8 Å². The van der Waals surface area contributed by atoms with Gasteiger partial charge in [0.15, 0.2) is 0 Å². The highest BCUT2D eigenvalue weighted by atomic mass is 19.1. The molecule has 0 fully saturated rings. The highest BCUT2D eigenvalue weighted by Gasteiger charge is 1.96. The second-order valence-electron chi connectivity index (χ2n) is 4.32. The lowest BCUT2D eigenvalue weighted by Gasteiger charge is -2.10. The van der Waals surface area contributed by atoms with E-state index in [1.165, 1.54) is 12.1 Å². The van der Waals surface area contributed by atoms with Gasteiger partial charge in [0.25, 0.3) is 0 Å². The molecular weight excluding hydrogens is 255 g/mol. The Labute approximate surface area is 118 Å². The number of hydrogen-bond acceptors (Lipinski definition) is 3. The zero-order valence-electron chi connectivity index (χ0n) is 11.5. The molecule has 4 heteroatoms. The molecule has 0 saturated carbocycles. The third-order valence-corrected chi connectivity index (χ3v) is 2.77. The zero-order valence-corrected chi connectivity index (χ0v) is 11.5. The highest BCUT2D eigenvalue weighted by Crippen LogP contribution is 2.17. The number of rotatable bonds is 7. The molecule has 0 unspecified atom stereocenters. The van der Waals surface area contributed by atoms with E-state index in [9.17, 15) is 4.39 Å². The van der Waals surface area contributed by atoms with Crippen LogP contribution in [0.15, 0.2) is 48.5 Å². The van der Waals surface area contributed by atoms with Crippen LogP contribution in [0.5, 0.6) is 5.75 Å². The largest absolute Gasteiger partial charge is 0.494 e. The van der Waals surface area contributed by atoms with Gasteiger partial charge in [-0.25, -0.2) is 4.39 Å². The lowest BCUT2D eigenvalue weighted by atomic mass is 10.3. The van der Waals surface area contributed by atoms with Crippen LogP contribution in [-0.2, 0) is 0 Å². The van der Waals surface area contributed by atoms with Crippen LogP contribution in [0.1, 0.15) is 6.92 Å². The Hall–Kier alpha value is -2.23. The van der Waals surface area contributed by atoms with Gasteiger partial charge < -0.3 is 15.4 Å². The summed E-state index contributed by atoms with van der Waals surface area (Å²) in [7, 11) is 0. The monoisotopic (exact) mass is 274 g/mol. The summed E-state index contributed by atoms with van der Waals surface area (Å²) in [5.41, 5.74) is 1.94. The molecule has 20 heavy (non-hydrogen) atoms. The van der Waals surface area contributed by atoms with Crippen molar-refractivity contribution in [2.24, 2.45) is 0 Å². The van der Waals surface area contributed by atoms with E-state index in [1.807, 2.05) is 31.2 Å². The molecule has 0 bridgehead atoms. The SMILES string of the molecule is CCOc1cccc(NCCNc2ccc(F)cc2)c1. The maximum atomic E-state index is 12.7. The first-order valence-electron chi connectivity index (χ1n) is 6.74. The number of hydrogen-bond donors (Lipinski definition) is 2. The summed E-state index contributed by atoms with van der Waals surface area (Å²) in [5, 5.41) is 6.53. The smallest absolute Gasteiger partial charge is 0.123 e. The molecule has 2 aromatic carbocycles. The van der Waals surface area contributed by atoms with Crippen molar-refractivity contribution in [2.45, 2.75) is 6.92 Å². The summed E-state index contributed by atoms with van der Waals surface area (Å²) in [6, 6.07) is 14.2. The van der Waals surface area contributed by atoms with Gasteiger partial charge in [-0.05, 0) is 43.3 Å². The first-order valence-corrected chi connectivity index (χ1v) is 6.74. The van der Waals surface area contributed by atoms with Gasteiger partial charge in [-0.1, -0.05) is 6.07 Å². The van der Waals surface area contributed by atoms with Gasteiger partial charge in [0.2, 0.25) is 0 Å². The van der Waals surface area contributed by atoms with E-state index >= 15 is 0 Å². The molecule has 0 aromatic heterocycles. The maximum absolute atomic E-state index is 12.7. The quantitative estimate of drug-likeness (QED) is 0.754. The van der Waals surface area contributed by atoms with Gasteiger partial charge >= 0.3 is 0 Å².